The van der Waals surface area contributed by atoms with Crippen molar-refractivity contribution in [2.75, 3.05) is 0 Å². The summed E-state index contributed by atoms with van der Waals surface area (Å²) in [6, 6.07) is 9.87. The second kappa shape index (κ2) is 7.08. The van der Waals surface area contributed by atoms with Crippen LogP contribution in [0.1, 0.15) is 40.9 Å². The number of carbonyl (C=O) groups is 3. The van der Waals surface area contributed by atoms with Crippen molar-refractivity contribution in [2.24, 2.45) is 0 Å². The third-order valence-corrected chi connectivity index (χ3v) is 3.42. The summed E-state index contributed by atoms with van der Waals surface area (Å²) >= 11 is 0. The number of ketones is 1. The average molecular weight is 326 g/mol. The Labute approximate surface area is 140 Å². The van der Waals surface area contributed by atoms with E-state index in [2.05, 4.69) is 0 Å². The standard InChI is InChI=1S/C19H18O5/c1-11-6-5-7-17(24-14(4)21)18(11)19(22)16-9-8-15(10-12(16)2)23-13(3)20/h5-10H,1-4H3. The summed E-state index contributed by atoms with van der Waals surface area (Å²) in [5.74, 6) is -0.560. The van der Waals surface area contributed by atoms with Gasteiger partial charge in [0.1, 0.15) is 11.5 Å². The molecule has 2 rings (SSSR count). The Kier molecular flexibility index (Phi) is 5.14. The highest BCUT2D eigenvalue weighted by Crippen LogP contribution is 2.28. The number of aryl methyl sites for hydroxylation is 2. The topological polar surface area (TPSA) is 69.7 Å². The molecule has 2 aromatic carbocycles. The quantitative estimate of drug-likeness (QED) is 0.489. The molecule has 24 heavy (non-hydrogen) atoms. The molecule has 124 valence electrons. The highest BCUT2D eigenvalue weighted by molar-refractivity contribution is 6.12. The monoisotopic (exact) mass is 326 g/mol. The number of hydrogen-bond acceptors (Lipinski definition) is 5. The molecule has 0 aliphatic carbocycles. The molecule has 0 amide bonds. The zero-order chi connectivity index (χ0) is 17.9. The highest BCUT2D eigenvalue weighted by atomic mass is 16.5. The Bertz CT molecular complexity index is 821. The molecule has 5 nitrogen and oxygen atoms in total. The molecule has 0 saturated carbocycles. The summed E-state index contributed by atoms with van der Waals surface area (Å²) in [6.45, 7) is 6.13. The molecule has 0 aliphatic rings. The van der Waals surface area contributed by atoms with Crippen molar-refractivity contribution in [1.82, 2.24) is 0 Å². The summed E-state index contributed by atoms with van der Waals surface area (Å²) in [4.78, 5) is 35.2. The van der Waals surface area contributed by atoms with Crippen LogP contribution >= 0.6 is 0 Å². The molecule has 0 aromatic heterocycles. The smallest absolute Gasteiger partial charge is 0.308 e. The number of ether oxygens (including phenoxy) is 2. The first-order valence-corrected chi connectivity index (χ1v) is 7.41. The summed E-state index contributed by atoms with van der Waals surface area (Å²) in [6.07, 6.45) is 0. The van der Waals surface area contributed by atoms with Crippen LogP contribution in [0, 0.1) is 13.8 Å². The Balaban J connectivity index is 2.46. The lowest BCUT2D eigenvalue weighted by atomic mass is 9.95. The molecule has 0 bridgehead atoms. The van der Waals surface area contributed by atoms with Crippen LogP contribution in [0.15, 0.2) is 36.4 Å². The predicted molar refractivity (Wildman–Crippen MR) is 88.4 cm³/mol. The molecule has 0 radical (unpaired) electrons. The fourth-order valence-electron chi connectivity index (χ4n) is 2.43. The van der Waals surface area contributed by atoms with Crippen molar-refractivity contribution < 1.29 is 23.9 Å². The molecular formula is C19H18O5. The van der Waals surface area contributed by atoms with E-state index in [1.807, 2.05) is 0 Å². The number of hydrogen-bond donors (Lipinski definition) is 0. The zero-order valence-corrected chi connectivity index (χ0v) is 14.0. The van der Waals surface area contributed by atoms with Gasteiger partial charge in [0.25, 0.3) is 0 Å². The van der Waals surface area contributed by atoms with Crippen molar-refractivity contribution in [1.29, 1.82) is 0 Å². The summed E-state index contributed by atoms with van der Waals surface area (Å²) < 4.78 is 10.2. The van der Waals surface area contributed by atoms with Crippen molar-refractivity contribution in [2.45, 2.75) is 27.7 Å². The molecule has 0 heterocycles. The van der Waals surface area contributed by atoms with E-state index in [4.69, 9.17) is 9.47 Å². The molecular weight excluding hydrogens is 308 g/mol. The van der Waals surface area contributed by atoms with Gasteiger partial charge in [0.15, 0.2) is 5.78 Å². The number of carbonyl (C=O) groups excluding carboxylic acids is 3. The van der Waals surface area contributed by atoms with Crippen LogP contribution in [0.3, 0.4) is 0 Å². The van der Waals surface area contributed by atoms with E-state index < -0.39 is 11.9 Å². The van der Waals surface area contributed by atoms with Crippen LogP contribution < -0.4 is 9.47 Å². The van der Waals surface area contributed by atoms with Crippen LogP contribution in [0.4, 0.5) is 0 Å². The maximum Gasteiger partial charge on any atom is 0.308 e. The van der Waals surface area contributed by atoms with Crippen molar-refractivity contribution >= 4 is 17.7 Å². The lowest BCUT2D eigenvalue weighted by molar-refractivity contribution is -0.132. The average Bonchev–Trinajstić information content (AvgIpc) is 2.45. The highest BCUT2D eigenvalue weighted by Gasteiger charge is 2.20. The largest absolute Gasteiger partial charge is 0.427 e. The zero-order valence-electron chi connectivity index (χ0n) is 14.0. The first kappa shape index (κ1) is 17.4. The number of rotatable bonds is 4. The van der Waals surface area contributed by atoms with Gasteiger partial charge in [-0.25, -0.2) is 0 Å². The van der Waals surface area contributed by atoms with E-state index in [0.717, 1.165) is 0 Å². The second-order valence-corrected chi connectivity index (χ2v) is 5.44. The van der Waals surface area contributed by atoms with Crippen LogP contribution in [0.5, 0.6) is 11.5 Å². The predicted octanol–water partition coefficient (Wildman–Crippen LogP) is 3.39. The molecule has 0 N–H and O–H groups in total. The SMILES string of the molecule is CC(=O)Oc1ccc(C(=O)c2c(C)cccc2OC(C)=O)c(C)c1. The Morgan fingerprint density at radius 1 is 0.833 bits per heavy atom. The lowest BCUT2D eigenvalue weighted by Crippen LogP contribution is -2.11. The van der Waals surface area contributed by atoms with Crippen LogP contribution in [-0.2, 0) is 9.59 Å². The third kappa shape index (κ3) is 3.87. The molecule has 5 heteroatoms. The van der Waals surface area contributed by atoms with Crippen molar-refractivity contribution in [3.63, 3.8) is 0 Å². The van der Waals surface area contributed by atoms with Gasteiger partial charge in [-0.05, 0) is 49.2 Å². The summed E-state index contributed by atoms with van der Waals surface area (Å²) in [5, 5.41) is 0. The van der Waals surface area contributed by atoms with E-state index >= 15 is 0 Å². The lowest BCUT2D eigenvalue weighted by Gasteiger charge is -2.13. The van der Waals surface area contributed by atoms with Gasteiger partial charge >= 0.3 is 11.9 Å². The van der Waals surface area contributed by atoms with Gasteiger partial charge in [-0.1, -0.05) is 12.1 Å². The first-order chi connectivity index (χ1) is 11.3. The normalized spacial score (nSPS) is 10.2. The maximum atomic E-state index is 12.9. The minimum atomic E-state index is -0.489. The van der Waals surface area contributed by atoms with Gasteiger partial charge in [-0.2, -0.15) is 0 Å². The van der Waals surface area contributed by atoms with Gasteiger partial charge in [0, 0.05) is 19.4 Å². The Morgan fingerprint density at radius 2 is 1.50 bits per heavy atom. The molecule has 0 aliphatic heterocycles. The minimum absolute atomic E-state index is 0.232. The molecule has 0 atom stereocenters. The molecule has 0 unspecified atom stereocenters. The van der Waals surface area contributed by atoms with E-state index in [1.165, 1.54) is 13.8 Å². The fourth-order valence-corrected chi connectivity index (χ4v) is 2.43. The van der Waals surface area contributed by atoms with Crippen LogP contribution in [-0.4, -0.2) is 17.7 Å². The fraction of sp³-hybridized carbons (Fsp3) is 0.211. The summed E-state index contributed by atoms with van der Waals surface area (Å²) in [5.41, 5.74) is 2.17. The van der Waals surface area contributed by atoms with Gasteiger partial charge in [0.2, 0.25) is 0 Å². The van der Waals surface area contributed by atoms with E-state index in [9.17, 15) is 14.4 Å². The van der Waals surface area contributed by atoms with Crippen molar-refractivity contribution in [3.8, 4) is 11.5 Å². The Hall–Kier alpha value is -2.95. The van der Waals surface area contributed by atoms with Gasteiger partial charge in [-0.3, -0.25) is 14.4 Å². The van der Waals surface area contributed by atoms with E-state index in [1.54, 1.807) is 50.2 Å². The van der Waals surface area contributed by atoms with Crippen LogP contribution in [0.2, 0.25) is 0 Å². The van der Waals surface area contributed by atoms with Crippen LogP contribution in [0.25, 0.3) is 0 Å². The maximum absolute atomic E-state index is 12.9. The summed E-state index contributed by atoms with van der Waals surface area (Å²) in [7, 11) is 0. The number of esters is 2. The molecule has 0 fully saturated rings. The van der Waals surface area contributed by atoms with Gasteiger partial charge in [-0.15, -0.1) is 0 Å². The Morgan fingerprint density at radius 3 is 2.08 bits per heavy atom. The van der Waals surface area contributed by atoms with E-state index in [-0.39, 0.29) is 11.5 Å². The molecule has 0 saturated heterocycles. The number of benzene rings is 2. The van der Waals surface area contributed by atoms with Gasteiger partial charge in [0.05, 0.1) is 5.56 Å². The second-order valence-electron chi connectivity index (χ2n) is 5.44. The minimum Gasteiger partial charge on any atom is -0.427 e. The molecule has 2 aromatic rings. The van der Waals surface area contributed by atoms with Crippen molar-refractivity contribution in [3.05, 3.63) is 58.7 Å². The van der Waals surface area contributed by atoms with E-state index in [0.29, 0.717) is 28.0 Å². The third-order valence-electron chi connectivity index (χ3n) is 3.42. The first-order valence-electron chi connectivity index (χ1n) is 7.41. The van der Waals surface area contributed by atoms with Gasteiger partial charge < -0.3 is 9.47 Å². The molecule has 0 spiro atoms.